The molecule has 2 nitrogen and oxygen atoms in total. The van der Waals surface area contributed by atoms with E-state index in [1.54, 1.807) is 0 Å². The average Bonchev–Trinajstić information content (AvgIpc) is 2.53. The lowest BCUT2D eigenvalue weighted by Gasteiger charge is -2.18. The third-order valence-corrected chi connectivity index (χ3v) is 2.98. The maximum Gasteiger partial charge on any atom is 0.195 e. The summed E-state index contributed by atoms with van der Waals surface area (Å²) in [5.41, 5.74) is 3.51. The van der Waals surface area contributed by atoms with E-state index in [4.69, 9.17) is 4.42 Å². The van der Waals surface area contributed by atoms with Crippen molar-refractivity contribution < 1.29 is 4.42 Å². The molecule has 0 atom stereocenters. The molecule has 0 aliphatic rings. The minimum atomic E-state index is 0.150. The van der Waals surface area contributed by atoms with Crippen molar-refractivity contribution in [2.45, 2.75) is 53.4 Å². The van der Waals surface area contributed by atoms with Crippen LogP contribution in [0.3, 0.4) is 0 Å². The number of hydrogen-bond donors (Lipinski definition) is 0. The van der Waals surface area contributed by atoms with Gasteiger partial charge in [0.05, 0.1) is 0 Å². The van der Waals surface area contributed by atoms with Crippen molar-refractivity contribution in [3.05, 3.63) is 29.7 Å². The fraction of sp³-hybridized carbons (Fsp3) is 0.562. The van der Waals surface area contributed by atoms with Gasteiger partial charge >= 0.3 is 0 Å². The molecule has 1 aromatic carbocycles. The van der Waals surface area contributed by atoms with Crippen LogP contribution in [0.4, 0.5) is 0 Å². The van der Waals surface area contributed by atoms with Gasteiger partial charge in [0.2, 0.25) is 0 Å². The fourth-order valence-electron chi connectivity index (χ4n) is 1.97. The van der Waals surface area contributed by atoms with Crippen LogP contribution in [0.1, 0.15) is 53.0 Å². The van der Waals surface area contributed by atoms with E-state index in [2.05, 4.69) is 58.7 Å². The Morgan fingerprint density at radius 1 is 1.06 bits per heavy atom. The Labute approximate surface area is 109 Å². The Kier molecular flexibility index (Phi) is 3.00. The molecule has 0 saturated carbocycles. The van der Waals surface area contributed by atoms with Crippen LogP contribution in [0.5, 0.6) is 0 Å². The molecule has 0 aliphatic heterocycles. The maximum absolute atomic E-state index is 5.80. The smallest absolute Gasteiger partial charge is 0.195 e. The summed E-state index contributed by atoms with van der Waals surface area (Å²) >= 11 is 0. The Morgan fingerprint density at radius 2 is 1.72 bits per heavy atom. The van der Waals surface area contributed by atoms with Crippen LogP contribution in [0.2, 0.25) is 0 Å². The van der Waals surface area contributed by atoms with Crippen LogP contribution >= 0.6 is 0 Å². The second-order valence-electron chi connectivity index (χ2n) is 7.28. The van der Waals surface area contributed by atoms with Crippen molar-refractivity contribution >= 4 is 11.1 Å². The molecular weight excluding hydrogens is 222 g/mol. The minimum Gasteiger partial charge on any atom is -0.441 e. The van der Waals surface area contributed by atoms with Crippen LogP contribution in [0, 0.1) is 5.41 Å². The predicted octanol–water partition coefficient (Wildman–Crippen LogP) is 4.71. The molecule has 0 saturated heterocycles. The van der Waals surface area contributed by atoms with E-state index in [-0.39, 0.29) is 10.8 Å². The summed E-state index contributed by atoms with van der Waals surface area (Å²) in [6.07, 6.45) is 0.868. The topological polar surface area (TPSA) is 26.0 Å². The molecule has 0 unspecified atom stereocenters. The van der Waals surface area contributed by atoms with Crippen molar-refractivity contribution in [2.75, 3.05) is 0 Å². The second-order valence-corrected chi connectivity index (χ2v) is 7.28. The van der Waals surface area contributed by atoms with Gasteiger partial charge in [-0.15, -0.1) is 0 Å². The van der Waals surface area contributed by atoms with Gasteiger partial charge in [-0.2, -0.15) is 0 Å². The number of hydrogen-bond acceptors (Lipinski definition) is 2. The van der Waals surface area contributed by atoms with E-state index in [0.29, 0.717) is 0 Å². The van der Waals surface area contributed by atoms with Gasteiger partial charge in [0, 0.05) is 6.42 Å². The predicted molar refractivity (Wildman–Crippen MR) is 75.9 cm³/mol. The third kappa shape index (κ3) is 2.92. The number of rotatable bonds is 1. The highest BCUT2D eigenvalue weighted by atomic mass is 16.3. The van der Waals surface area contributed by atoms with E-state index in [9.17, 15) is 0 Å². The van der Waals surface area contributed by atoms with Crippen molar-refractivity contribution in [1.82, 2.24) is 4.98 Å². The lowest BCUT2D eigenvalue weighted by atomic mass is 9.87. The van der Waals surface area contributed by atoms with E-state index < -0.39 is 0 Å². The van der Waals surface area contributed by atoms with Crippen molar-refractivity contribution in [3.63, 3.8) is 0 Å². The first kappa shape index (κ1) is 13.1. The zero-order valence-electron chi connectivity index (χ0n) is 12.3. The normalized spacial score (nSPS) is 13.2. The number of oxazole rings is 1. The van der Waals surface area contributed by atoms with Gasteiger partial charge in [0.25, 0.3) is 0 Å². The molecule has 0 aliphatic carbocycles. The van der Waals surface area contributed by atoms with E-state index in [1.165, 1.54) is 5.56 Å². The minimum absolute atomic E-state index is 0.150. The summed E-state index contributed by atoms with van der Waals surface area (Å²) in [6.45, 7) is 13.2. The second kappa shape index (κ2) is 4.11. The summed E-state index contributed by atoms with van der Waals surface area (Å²) in [4.78, 5) is 4.61. The zero-order valence-corrected chi connectivity index (χ0v) is 12.3. The van der Waals surface area contributed by atoms with Gasteiger partial charge in [-0.1, -0.05) is 47.6 Å². The van der Waals surface area contributed by atoms with Crippen LogP contribution < -0.4 is 0 Å². The monoisotopic (exact) mass is 245 g/mol. The Balaban J connectivity index is 2.40. The summed E-state index contributed by atoms with van der Waals surface area (Å²) in [7, 11) is 0. The molecule has 0 fully saturated rings. The van der Waals surface area contributed by atoms with Gasteiger partial charge in [0.1, 0.15) is 5.52 Å². The van der Waals surface area contributed by atoms with Crippen LogP contribution in [0.25, 0.3) is 11.1 Å². The van der Waals surface area contributed by atoms with E-state index in [1.807, 2.05) is 6.07 Å². The molecule has 0 bridgehead atoms. The number of nitrogens with zero attached hydrogens (tertiary/aromatic N) is 1. The van der Waals surface area contributed by atoms with Crippen molar-refractivity contribution in [3.8, 4) is 0 Å². The molecule has 2 rings (SSSR count). The number of aromatic nitrogens is 1. The summed E-state index contributed by atoms with van der Waals surface area (Å²) < 4.78 is 5.80. The molecule has 0 amide bonds. The SMILES string of the molecule is CC(C)(C)Cc1nc2cc(C(C)(C)C)ccc2o1. The molecule has 0 spiro atoms. The molecule has 2 heteroatoms. The average molecular weight is 245 g/mol. The van der Waals surface area contributed by atoms with Gasteiger partial charge in [-0.05, 0) is 28.5 Å². The third-order valence-electron chi connectivity index (χ3n) is 2.98. The fourth-order valence-corrected chi connectivity index (χ4v) is 1.97. The Bertz CT molecular complexity index is 552. The Hall–Kier alpha value is -1.31. The Morgan fingerprint density at radius 3 is 2.28 bits per heavy atom. The first-order valence-corrected chi connectivity index (χ1v) is 6.55. The summed E-state index contributed by atoms with van der Waals surface area (Å²) in [5.74, 6) is 0.837. The highest BCUT2D eigenvalue weighted by Gasteiger charge is 2.18. The van der Waals surface area contributed by atoms with Gasteiger partial charge in [-0.25, -0.2) is 4.98 Å². The first-order chi connectivity index (χ1) is 8.15. The summed E-state index contributed by atoms with van der Waals surface area (Å²) in [6, 6.07) is 6.31. The molecule has 0 radical (unpaired) electrons. The van der Waals surface area contributed by atoms with Gasteiger partial charge < -0.3 is 4.42 Å². The molecule has 0 N–H and O–H groups in total. The van der Waals surface area contributed by atoms with Gasteiger partial charge in [0.15, 0.2) is 11.5 Å². The number of fused-ring (bicyclic) bond motifs is 1. The largest absolute Gasteiger partial charge is 0.441 e. The van der Waals surface area contributed by atoms with Crippen LogP contribution in [-0.4, -0.2) is 4.98 Å². The molecular formula is C16H23NO. The lowest BCUT2D eigenvalue weighted by Crippen LogP contribution is -2.10. The van der Waals surface area contributed by atoms with E-state index >= 15 is 0 Å². The molecule has 98 valence electrons. The summed E-state index contributed by atoms with van der Waals surface area (Å²) in [5, 5.41) is 0. The molecule has 1 aromatic heterocycles. The van der Waals surface area contributed by atoms with E-state index in [0.717, 1.165) is 23.4 Å². The quantitative estimate of drug-likeness (QED) is 0.727. The van der Waals surface area contributed by atoms with Crippen LogP contribution in [-0.2, 0) is 11.8 Å². The molecule has 18 heavy (non-hydrogen) atoms. The van der Waals surface area contributed by atoms with Gasteiger partial charge in [-0.3, -0.25) is 0 Å². The van der Waals surface area contributed by atoms with Crippen LogP contribution in [0.15, 0.2) is 22.6 Å². The highest BCUT2D eigenvalue weighted by molar-refractivity contribution is 5.73. The molecule has 1 heterocycles. The first-order valence-electron chi connectivity index (χ1n) is 6.55. The zero-order chi connectivity index (χ0) is 13.6. The lowest BCUT2D eigenvalue weighted by molar-refractivity contribution is 0.362. The highest BCUT2D eigenvalue weighted by Crippen LogP contribution is 2.28. The van der Waals surface area contributed by atoms with Crippen molar-refractivity contribution in [1.29, 1.82) is 0 Å². The van der Waals surface area contributed by atoms with Crippen molar-refractivity contribution in [2.24, 2.45) is 5.41 Å². The molecule has 2 aromatic rings. The number of benzene rings is 1. The standard InChI is InChI=1S/C16H23NO/c1-15(2,3)10-14-17-12-9-11(16(4,5)6)7-8-13(12)18-14/h7-9H,10H2,1-6H3. The maximum atomic E-state index is 5.80.